The van der Waals surface area contributed by atoms with Crippen LogP contribution in [0.1, 0.15) is 23.2 Å². The smallest absolute Gasteiger partial charge is 0.254 e. The Balaban J connectivity index is 1.92. The summed E-state index contributed by atoms with van der Waals surface area (Å²) in [5.74, 6) is -0.0533. The van der Waals surface area contributed by atoms with E-state index in [9.17, 15) is 4.79 Å². The minimum atomic E-state index is -0.0533. The average molecular weight is 177 g/mol. The topological polar surface area (TPSA) is 42.2 Å². The van der Waals surface area contributed by atoms with Gasteiger partial charge in [-0.3, -0.25) is 4.79 Å². The molecule has 0 bridgehead atoms. The number of hydrogen-bond donors (Lipinski definition) is 1. The molecule has 1 aliphatic carbocycles. The van der Waals surface area contributed by atoms with Gasteiger partial charge in [-0.15, -0.1) is 0 Å². The first-order valence-electron chi connectivity index (χ1n) is 4.34. The van der Waals surface area contributed by atoms with Crippen LogP contribution in [0.4, 0.5) is 0 Å². The molecule has 3 nitrogen and oxygen atoms in total. The van der Waals surface area contributed by atoms with E-state index in [-0.39, 0.29) is 11.9 Å². The van der Waals surface area contributed by atoms with Crippen molar-refractivity contribution in [2.75, 3.05) is 0 Å². The molecule has 0 aliphatic heterocycles. The lowest BCUT2D eigenvalue weighted by atomic mass is 10.2. The van der Waals surface area contributed by atoms with Crippen molar-refractivity contribution in [2.45, 2.75) is 18.9 Å². The Kier molecular flexibility index (Phi) is 2.17. The normalized spacial score (nSPS) is 16.3. The summed E-state index contributed by atoms with van der Waals surface area (Å²) >= 11 is 0. The van der Waals surface area contributed by atoms with Crippen LogP contribution in [-0.2, 0) is 0 Å². The van der Waals surface area contributed by atoms with Crippen LogP contribution in [0, 0.1) is 0 Å². The van der Waals surface area contributed by atoms with Crippen molar-refractivity contribution in [3.63, 3.8) is 0 Å². The highest BCUT2D eigenvalue weighted by molar-refractivity contribution is 5.93. The fraction of sp³-hybridized carbons (Fsp3) is 0.300. The van der Waals surface area contributed by atoms with Gasteiger partial charge in [0.2, 0.25) is 0 Å². The van der Waals surface area contributed by atoms with Crippen LogP contribution in [0.5, 0.6) is 0 Å². The number of nitrogens with one attached hydrogen (secondary N) is 1. The van der Waals surface area contributed by atoms with Crippen LogP contribution in [0.15, 0.2) is 35.2 Å². The predicted octanol–water partition coefficient (Wildman–Crippen LogP) is 1.73. The maximum atomic E-state index is 11.5. The van der Waals surface area contributed by atoms with Crippen molar-refractivity contribution < 1.29 is 9.21 Å². The largest absolute Gasteiger partial charge is 0.472 e. The third-order valence-electron chi connectivity index (χ3n) is 2.13. The molecule has 0 atom stereocenters. The van der Waals surface area contributed by atoms with Gasteiger partial charge < -0.3 is 9.73 Å². The zero-order chi connectivity index (χ0) is 9.10. The fourth-order valence-corrected chi connectivity index (χ4v) is 1.40. The van der Waals surface area contributed by atoms with Crippen molar-refractivity contribution in [3.05, 3.63) is 36.3 Å². The number of rotatable bonds is 2. The molecule has 1 N–H and O–H groups in total. The van der Waals surface area contributed by atoms with Gasteiger partial charge in [-0.05, 0) is 18.9 Å². The Labute approximate surface area is 76.4 Å². The number of furan rings is 1. The standard InChI is InChI=1S/C10H11NO2/c12-10(8-5-6-13-7-8)11-9-3-1-2-4-9/h1-2,5-7,9H,3-4H2,(H,11,12). The average Bonchev–Trinajstić information content (AvgIpc) is 2.74. The molecule has 1 aliphatic rings. The van der Waals surface area contributed by atoms with Crippen molar-refractivity contribution in [1.82, 2.24) is 5.32 Å². The summed E-state index contributed by atoms with van der Waals surface area (Å²) in [7, 11) is 0. The SMILES string of the molecule is O=C(NC1CC=CC1)c1ccoc1. The summed E-state index contributed by atoms with van der Waals surface area (Å²) in [6.07, 6.45) is 8.99. The van der Waals surface area contributed by atoms with Crippen molar-refractivity contribution in [1.29, 1.82) is 0 Å². The third kappa shape index (κ3) is 1.80. The second kappa shape index (κ2) is 3.47. The summed E-state index contributed by atoms with van der Waals surface area (Å²) in [5, 5.41) is 2.92. The number of carbonyl (C=O) groups is 1. The van der Waals surface area contributed by atoms with Crippen LogP contribution >= 0.6 is 0 Å². The summed E-state index contributed by atoms with van der Waals surface area (Å²) < 4.78 is 4.82. The molecule has 0 fully saturated rings. The van der Waals surface area contributed by atoms with E-state index in [0.29, 0.717) is 5.56 Å². The van der Waals surface area contributed by atoms with Crippen LogP contribution in [0.25, 0.3) is 0 Å². The summed E-state index contributed by atoms with van der Waals surface area (Å²) in [4.78, 5) is 11.5. The highest BCUT2D eigenvalue weighted by atomic mass is 16.3. The van der Waals surface area contributed by atoms with Gasteiger partial charge in [0.1, 0.15) is 6.26 Å². The highest BCUT2D eigenvalue weighted by Crippen LogP contribution is 2.10. The molecule has 0 aromatic carbocycles. The van der Waals surface area contributed by atoms with E-state index in [1.807, 2.05) is 0 Å². The molecule has 0 spiro atoms. The molecule has 0 unspecified atom stereocenters. The summed E-state index contributed by atoms with van der Waals surface area (Å²) in [6, 6.07) is 1.93. The van der Waals surface area contributed by atoms with E-state index in [1.54, 1.807) is 6.07 Å². The lowest BCUT2D eigenvalue weighted by Crippen LogP contribution is -2.32. The summed E-state index contributed by atoms with van der Waals surface area (Å²) in [5.41, 5.74) is 0.590. The molecular weight excluding hydrogens is 166 g/mol. The van der Waals surface area contributed by atoms with Gasteiger partial charge in [-0.2, -0.15) is 0 Å². The van der Waals surface area contributed by atoms with Crippen molar-refractivity contribution in [2.24, 2.45) is 0 Å². The van der Waals surface area contributed by atoms with E-state index >= 15 is 0 Å². The van der Waals surface area contributed by atoms with Crippen LogP contribution < -0.4 is 5.32 Å². The monoisotopic (exact) mass is 177 g/mol. The van der Waals surface area contributed by atoms with Crippen LogP contribution in [0.2, 0.25) is 0 Å². The van der Waals surface area contributed by atoms with Gasteiger partial charge >= 0.3 is 0 Å². The molecule has 0 saturated carbocycles. The number of carbonyl (C=O) groups excluding carboxylic acids is 1. The van der Waals surface area contributed by atoms with Gasteiger partial charge in [-0.25, -0.2) is 0 Å². The van der Waals surface area contributed by atoms with E-state index in [1.165, 1.54) is 12.5 Å². The van der Waals surface area contributed by atoms with E-state index < -0.39 is 0 Å². The van der Waals surface area contributed by atoms with Gasteiger partial charge in [0.25, 0.3) is 5.91 Å². The van der Waals surface area contributed by atoms with Crippen LogP contribution in [0.3, 0.4) is 0 Å². The maximum absolute atomic E-state index is 11.5. The quantitative estimate of drug-likeness (QED) is 0.699. The van der Waals surface area contributed by atoms with Gasteiger partial charge in [-0.1, -0.05) is 12.2 Å². The zero-order valence-corrected chi connectivity index (χ0v) is 7.19. The molecule has 1 aromatic rings. The van der Waals surface area contributed by atoms with Crippen molar-refractivity contribution >= 4 is 5.91 Å². The minimum Gasteiger partial charge on any atom is -0.472 e. The zero-order valence-electron chi connectivity index (χ0n) is 7.19. The van der Waals surface area contributed by atoms with Gasteiger partial charge in [0.05, 0.1) is 11.8 Å². The first-order chi connectivity index (χ1) is 6.36. The molecule has 1 amide bonds. The van der Waals surface area contributed by atoms with Gasteiger partial charge in [0, 0.05) is 6.04 Å². The molecule has 1 heterocycles. The number of hydrogen-bond acceptors (Lipinski definition) is 2. The fourth-order valence-electron chi connectivity index (χ4n) is 1.40. The third-order valence-corrected chi connectivity index (χ3v) is 2.13. The molecule has 0 radical (unpaired) electrons. The Morgan fingerprint density at radius 2 is 2.23 bits per heavy atom. The molecule has 68 valence electrons. The molecule has 13 heavy (non-hydrogen) atoms. The Bertz CT molecular complexity index is 306. The second-order valence-electron chi connectivity index (χ2n) is 3.13. The first-order valence-corrected chi connectivity index (χ1v) is 4.34. The summed E-state index contributed by atoms with van der Waals surface area (Å²) in [6.45, 7) is 0. The minimum absolute atomic E-state index is 0.0533. The lowest BCUT2D eigenvalue weighted by Gasteiger charge is -2.10. The van der Waals surface area contributed by atoms with Gasteiger partial charge in [0.15, 0.2) is 0 Å². The predicted molar refractivity (Wildman–Crippen MR) is 48.3 cm³/mol. The van der Waals surface area contributed by atoms with E-state index in [2.05, 4.69) is 17.5 Å². The molecule has 3 heteroatoms. The first kappa shape index (κ1) is 8.10. The Morgan fingerprint density at radius 1 is 1.46 bits per heavy atom. The Morgan fingerprint density at radius 3 is 2.85 bits per heavy atom. The molecular formula is C10H11NO2. The van der Waals surface area contributed by atoms with E-state index in [4.69, 9.17) is 4.42 Å². The second-order valence-corrected chi connectivity index (χ2v) is 3.13. The van der Waals surface area contributed by atoms with Crippen molar-refractivity contribution in [3.8, 4) is 0 Å². The van der Waals surface area contributed by atoms with Crippen LogP contribution in [-0.4, -0.2) is 11.9 Å². The number of amides is 1. The lowest BCUT2D eigenvalue weighted by molar-refractivity contribution is 0.0938. The molecule has 2 rings (SSSR count). The highest BCUT2D eigenvalue weighted by Gasteiger charge is 2.14. The van der Waals surface area contributed by atoms with E-state index in [0.717, 1.165) is 12.8 Å². The molecule has 1 aromatic heterocycles. The Hall–Kier alpha value is -1.51. The maximum Gasteiger partial charge on any atom is 0.254 e. The molecule has 0 saturated heterocycles.